The largest absolute Gasteiger partial charge is 0.496 e. The zero-order chi connectivity index (χ0) is 12.3. The fourth-order valence-corrected chi connectivity index (χ4v) is 1.73. The van der Waals surface area contributed by atoms with Crippen molar-refractivity contribution in [2.45, 2.75) is 13.0 Å². The third kappa shape index (κ3) is 2.52. The van der Waals surface area contributed by atoms with Gasteiger partial charge in [0.1, 0.15) is 11.8 Å². The molecule has 88 valence electrons. The van der Waals surface area contributed by atoms with Gasteiger partial charge < -0.3 is 9.84 Å². The molecule has 0 aliphatic rings. The molecule has 0 saturated carbocycles. The van der Waals surface area contributed by atoms with E-state index in [9.17, 15) is 4.79 Å². The predicted octanol–water partition coefficient (Wildman–Crippen LogP) is 1.69. The first-order valence-electron chi connectivity index (χ1n) is 5.01. The van der Waals surface area contributed by atoms with Crippen LogP contribution in [0.15, 0.2) is 18.2 Å². The van der Waals surface area contributed by atoms with E-state index < -0.39 is 12.0 Å². The van der Waals surface area contributed by atoms with E-state index in [0.717, 1.165) is 16.9 Å². The molecule has 1 rings (SSSR count). The summed E-state index contributed by atoms with van der Waals surface area (Å²) >= 11 is 0. The zero-order valence-corrected chi connectivity index (χ0v) is 10.0. The summed E-state index contributed by atoms with van der Waals surface area (Å²) in [7, 11) is 5.10. The number of rotatable bonds is 4. The number of aryl methyl sites for hydroxylation is 1. The van der Waals surface area contributed by atoms with Gasteiger partial charge in [-0.15, -0.1) is 0 Å². The third-order valence-electron chi connectivity index (χ3n) is 2.48. The Morgan fingerprint density at radius 2 is 2.06 bits per heavy atom. The van der Waals surface area contributed by atoms with Crippen LogP contribution in [-0.4, -0.2) is 37.2 Å². The molecule has 0 aliphatic carbocycles. The van der Waals surface area contributed by atoms with Crippen LogP contribution in [0.5, 0.6) is 5.75 Å². The number of likely N-dealkylation sites (N-methyl/N-ethyl adjacent to an activating group) is 1. The average molecular weight is 223 g/mol. The molecule has 0 amide bonds. The lowest BCUT2D eigenvalue weighted by molar-refractivity contribution is -0.142. The predicted molar refractivity (Wildman–Crippen MR) is 61.8 cm³/mol. The molecule has 1 N–H and O–H groups in total. The van der Waals surface area contributed by atoms with Gasteiger partial charge in [-0.3, -0.25) is 9.69 Å². The Hall–Kier alpha value is -1.55. The van der Waals surface area contributed by atoms with Crippen LogP contribution in [0.2, 0.25) is 0 Å². The molecule has 1 unspecified atom stereocenters. The molecule has 1 atom stereocenters. The van der Waals surface area contributed by atoms with Crippen LogP contribution in [0, 0.1) is 6.92 Å². The quantitative estimate of drug-likeness (QED) is 0.844. The number of ether oxygens (including phenoxy) is 1. The SMILES string of the molecule is COc1ccc(C(C(=O)O)N(C)C)cc1C. The van der Waals surface area contributed by atoms with E-state index in [4.69, 9.17) is 9.84 Å². The van der Waals surface area contributed by atoms with Crippen molar-refractivity contribution < 1.29 is 14.6 Å². The molecule has 0 spiro atoms. The highest BCUT2D eigenvalue weighted by Gasteiger charge is 2.22. The Balaban J connectivity index is 3.12. The Labute approximate surface area is 95.5 Å². The van der Waals surface area contributed by atoms with Gasteiger partial charge in [-0.05, 0) is 38.2 Å². The van der Waals surface area contributed by atoms with E-state index in [-0.39, 0.29) is 0 Å². The summed E-state index contributed by atoms with van der Waals surface area (Å²) in [4.78, 5) is 12.8. The lowest BCUT2D eigenvalue weighted by Crippen LogP contribution is -2.27. The highest BCUT2D eigenvalue weighted by Crippen LogP contribution is 2.24. The second kappa shape index (κ2) is 4.99. The molecule has 0 heterocycles. The minimum Gasteiger partial charge on any atom is -0.496 e. The summed E-state index contributed by atoms with van der Waals surface area (Å²) < 4.78 is 5.14. The van der Waals surface area contributed by atoms with Gasteiger partial charge in [-0.25, -0.2) is 0 Å². The Morgan fingerprint density at radius 1 is 1.44 bits per heavy atom. The minimum absolute atomic E-state index is 0.621. The van der Waals surface area contributed by atoms with Crippen LogP contribution in [0.25, 0.3) is 0 Å². The third-order valence-corrected chi connectivity index (χ3v) is 2.48. The number of carboxylic acids is 1. The highest BCUT2D eigenvalue weighted by atomic mass is 16.5. The molecule has 1 aromatic carbocycles. The summed E-state index contributed by atoms with van der Waals surface area (Å²) in [6.07, 6.45) is 0. The van der Waals surface area contributed by atoms with Crippen molar-refractivity contribution in [2.24, 2.45) is 0 Å². The molecule has 0 bridgehead atoms. The molecule has 0 fully saturated rings. The van der Waals surface area contributed by atoms with Crippen LogP contribution in [0.3, 0.4) is 0 Å². The number of benzene rings is 1. The van der Waals surface area contributed by atoms with Gasteiger partial charge in [0.15, 0.2) is 0 Å². The van der Waals surface area contributed by atoms with Gasteiger partial charge in [0.25, 0.3) is 0 Å². The van der Waals surface area contributed by atoms with Crippen LogP contribution < -0.4 is 4.74 Å². The Kier molecular flexibility index (Phi) is 3.90. The fraction of sp³-hybridized carbons (Fsp3) is 0.417. The average Bonchev–Trinajstić information content (AvgIpc) is 2.16. The van der Waals surface area contributed by atoms with Gasteiger partial charge in [0, 0.05) is 0 Å². The van der Waals surface area contributed by atoms with Crippen molar-refractivity contribution in [2.75, 3.05) is 21.2 Å². The summed E-state index contributed by atoms with van der Waals surface area (Å²) in [5.74, 6) is -0.0822. The summed E-state index contributed by atoms with van der Waals surface area (Å²) in [6, 6.07) is 4.80. The van der Waals surface area contributed by atoms with Crippen molar-refractivity contribution >= 4 is 5.97 Å². The number of carboxylic acid groups (broad SMARTS) is 1. The van der Waals surface area contributed by atoms with Crippen molar-refractivity contribution in [1.29, 1.82) is 0 Å². The number of hydrogen-bond donors (Lipinski definition) is 1. The van der Waals surface area contributed by atoms with Crippen LogP contribution in [0.1, 0.15) is 17.2 Å². The first-order chi connectivity index (χ1) is 7.47. The molecule has 0 saturated heterocycles. The number of carbonyl (C=O) groups is 1. The highest BCUT2D eigenvalue weighted by molar-refractivity contribution is 5.75. The van der Waals surface area contributed by atoms with Crippen molar-refractivity contribution in [1.82, 2.24) is 4.90 Å². The summed E-state index contributed by atoms with van der Waals surface area (Å²) in [5, 5.41) is 9.14. The molecule has 1 aromatic rings. The lowest BCUT2D eigenvalue weighted by atomic mass is 10.0. The number of hydrogen-bond acceptors (Lipinski definition) is 3. The maximum atomic E-state index is 11.1. The van der Waals surface area contributed by atoms with E-state index in [1.54, 1.807) is 38.2 Å². The topological polar surface area (TPSA) is 49.8 Å². The van der Waals surface area contributed by atoms with E-state index in [1.165, 1.54) is 0 Å². The van der Waals surface area contributed by atoms with Gasteiger partial charge >= 0.3 is 5.97 Å². The van der Waals surface area contributed by atoms with Crippen LogP contribution in [0.4, 0.5) is 0 Å². The van der Waals surface area contributed by atoms with Gasteiger partial charge in [-0.2, -0.15) is 0 Å². The normalized spacial score (nSPS) is 12.6. The van der Waals surface area contributed by atoms with E-state index in [0.29, 0.717) is 0 Å². The number of nitrogens with zero attached hydrogens (tertiary/aromatic N) is 1. The maximum Gasteiger partial charge on any atom is 0.325 e. The molecular formula is C12H17NO3. The van der Waals surface area contributed by atoms with Crippen molar-refractivity contribution in [3.63, 3.8) is 0 Å². The lowest BCUT2D eigenvalue weighted by Gasteiger charge is -2.21. The van der Waals surface area contributed by atoms with Crippen LogP contribution >= 0.6 is 0 Å². The standard InChI is InChI=1S/C12H17NO3/c1-8-7-9(5-6-10(8)16-4)11(12(14)15)13(2)3/h5-7,11H,1-4H3,(H,14,15). The molecule has 4 heteroatoms. The van der Waals surface area contributed by atoms with Gasteiger partial charge in [-0.1, -0.05) is 12.1 Å². The molecule has 4 nitrogen and oxygen atoms in total. The molecular weight excluding hydrogens is 206 g/mol. The fourth-order valence-electron chi connectivity index (χ4n) is 1.73. The van der Waals surface area contributed by atoms with Crippen LogP contribution in [-0.2, 0) is 4.79 Å². The Bertz CT molecular complexity index is 388. The Morgan fingerprint density at radius 3 is 2.44 bits per heavy atom. The first kappa shape index (κ1) is 12.5. The maximum absolute atomic E-state index is 11.1. The second-order valence-electron chi connectivity index (χ2n) is 3.93. The van der Waals surface area contributed by atoms with Gasteiger partial charge in [0.2, 0.25) is 0 Å². The minimum atomic E-state index is -0.852. The van der Waals surface area contributed by atoms with E-state index in [1.807, 2.05) is 13.0 Å². The summed E-state index contributed by atoms with van der Waals surface area (Å²) in [5.41, 5.74) is 1.70. The molecule has 0 radical (unpaired) electrons. The monoisotopic (exact) mass is 223 g/mol. The zero-order valence-electron chi connectivity index (χ0n) is 10.0. The van der Waals surface area contributed by atoms with E-state index >= 15 is 0 Å². The molecule has 0 aliphatic heterocycles. The summed E-state index contributed by atoms with van der Waals surface area (Å²) in [6.45, 7) is 1.90. The van der Waals surface area contributed by atoms with E-state index in [2.05, 4.69) is 0 Å². The molecule has 0 aromatic heterocycles. The smallest absolute Gasteiger partial charge is 0.325 e. The van der Waals surface area contributed by atoms with Gasteiger partial charge in [0.05, 0.1) is 7.11 Å². The second-order valence-corrected chi connectivity index (χ2v) is 3.93. The first-order valence-corrected chi connectivity index (χ1v) is 5.01. The number of methoxy groups -OCH3 is 1. The van der Waals surface area contributed by atoms with Crippen molar-refractivity contribution in [3.05, 3.63) is 29.3 Å². The molecule has 16 heavy (non-hydrogen) atoms. The van der Waals surface area contributed by atoms with Crippen molar-refractivity contribution in [3.8, 4) is 5.75 Å². The number of aliphatic carboxylic acids is 1.